The lowest BCUT2D eigenvalue weighted by Gasteiger charge is -2.07. The van der Waals surface area contributed by atoms with E-state index in [-0.39, 0.29) is 0 Å². The van der Waals surface area contributed by atoms with E-state index < -0.39 is 0 Å². The smallest absolute Gasteiger partial charge is 0.122 e. The molecule has 0 radical (unpaired) electrons. The van der Waals surface area contributed by atoms with Crippen LogP contribution >= 0.6 is 0 Å². The Balaban J connectivity index is 2.57. The van der Waals surface area contributed by atoms with Gasteiger partial charge in [0.1, 0.15) is 5.75 Å². The Morgan fingerprint density at radius 3 is 2.50 bits per heavy atom. The van der Waals surface area contributed by atoms with Crippen LogP contribution in [-0.2, 0) is 0 Å². The Morgan fingerprint density at radius 2 is 1.94 bits per heavy atom. The predicted molar refractivity (Wildman–Crippen MR) is 64.8 cm³/mol. The average Bonchev–Trinajstić information content (AvgIpc) is 2.60. The fourth-order valence-electron chi connectivity index (χ4n) is 1.95. The molecule has 0 aliphatic carbocycles. The van der Waals surface area contributed by atoms with Crippen LogP contribution in [0.4, 0.5) is 0 Å². The van der Waals surface area contributed by atoms with Crippen molar-refractivity contribution in [3.8, 4) is 16.9 Å². The molecule has 0 unspecified atom stereocenters. The minimum Gasteiger partial charge on any atom is -0.496 e. The van der Waals surface area contributed by atoms with Crippen molar-refractivity contribution in [3.63, 3.8) is 0 Å². The van der Waals surface area contributed by atoms with Crippen molar-refractivity contribution in [2.24, 2.45) is 0 Å². The number of methoxy groups -OCH3 is 1. The molecular formula is C13H16N2O. The highest BCUT2D eigenvalue weighted by Crippen LogP contribution is 2.29. The average molecular weight is 216 g/mol. The standard InChI is InChI=1S/C13H16N2O/c1-8-5-6-11(7-12(8)16-4)13-9(2)14-15-10(13)3/h5-7H,1-4H3,(H,14,15). The molecule has 84 valence electrons. The van der Waals surface area contributed by atoms with Gasteiger partial charge in [0.25, 0.3) is 0 Å². The van der Waals surface area contributed by atoms with Gasteiger partial charge in [0.2, 0.25) is 0 Å². The Bertz CT molecular complexity index is 495. The highest BCUT2D eigenvalue weighted by atomic mass is 16.5. The molecule has 3 nitrogen and oxygen atoms in total. The summed E-state index contributed by atoms with van der Waals surface area (Å²) in [4.78, 5) is 0. The van der Waals surface area contributed by atoms with Crippen molar-refractivity contribution in [2.45, 2.75) is 20.8 Å². The van der Waals surface area contributed by atoms with Gasteiger partial charge in [0.05, 0.1) is 12.8 Å². The van der Waals surface area contributed by atoms with Gasteiger partial charge in [-0.15, -0.1) is 0 Å². The zero-order valence-corrected chi connectivity index (χ0v) is 10.1. The molecule has 0 aliphatic heterocycles. The van der Waals surface area contributed by atoms with Gasteiger partial charge in [0.15, 0.2) is 0 Å². The van der Waals surface area contributed by atoms with E-state index in [0.29, 0.717) is 0 Å². The van der Waals surface area contributed by atoms with Crippen LogP contribution in [0.5, 0.6) is 5.75 Å². The molecule has 1 N–H and O–H groups in total. The summed E-state index contributed by atoms with van der Waals surface area (Å²) in [5.41, 5.74) is 5.56. The summed E-state index contributed by atoms with van der Waals surface area (Å²) in [7, 11) is 1.70. The minimum atomic E-state index is 0.914. The molecule has 3 heteroatoms. The van der Waals surface area contributed by atoms with Crippen molar-refractivity contribution in [3.05, 3.63) is 35.2 Å². The first-order valence-corrected chi connectivity index (χ1v) is 5.30. The van der Waals surface area contributed by atoms with E-state index in [2.05, 4.69) is 28.4 Å². The highest BCUT2D eigenvalue weighted by molar-refractivity contribution is 5.70. The molecule has 0 fully saturated rings. The molecular weight excluding hydrogens is 200 g/mol. The third kappa shape index (κ3) is 1.69. The lowest BCUT2D eigenvalue weighted by atomic mass is 10.0. The van der Waals surface area contributed by atoms with Crippen molar-refractivity contribution >= 4 is 0 Å². The Kier molecular flexibility index (Phi) is 2.69. The summed E-state index contributed by atoms with van der Waals surface area (Å²) in [6.45, 7) is 6.07. The first-order chi connectivity index (χ1) is 7.63. The first-order valence-electron chi connectivity index (χ1n) is 5.30. The molecule has 1 aromatic carbocycles. The second-order valence-corrected chi connectivity index (χ2v) is 3.99. The third-order valence-electron chi connectivity index (χ3n) is 2.82. The number of rotatable bonds is 2. The Morgan fingerprint density at radius 1 is 1.19 bits per heavy atom. The van der Waals surface area contributed by atoms with E-state index in [9.17, 15) is 0 Å². The lowest BCUT2D eigenvalue weighted by Crippen LogP contribution is -1.89. The van der Waals surface area contributed by atoms with Gasteiger partial charge in [-0.3, -0.25) is 5.10 Å². The van der Waals surface area contributed by atoms with E-state index in [0.717, 1.165) is 28.3 Å². The van der Waals surface area contributed by atoms with Crippen LogP contribution in [0.3, 0.4) is 0 Å². The van der Waals surface area contributed by atoms with Gasteiger partial charge in [-0.1, -0.05) is 12.1 Å². The zero-order valence-electron chi connectivity index (χ0n) is 10.1. The summed E-state index contributed by atoms with van der Waals surface area (Å²) >= 11 is 0. The van der Waals surface area contributed by atoms with Crippen LogP contribution in [0.15, 0.2) is 18.2 Å². The number of aromatic nitrogens is 2. The normalized spacial score (nSPS) is 10.5. The molecule has 0 saturated carbocycles. The molecule has 0 aliphatic rings. The van der Waals surface area contributed by atoms with Crippen LogP contribution in [0.25, 0.3) is 11.1 Å². The number of nitrogens with zero attached hydrogens (tertiary/aromatic N) is 1. The minimum absolute atomic E-state index is 0.914. The maximum Gasteiger partial charge on any atom is 0.122 e. The van der Waals surface area contributed by atoms with Gasteiger partial charge in [-0.05, 0) is 38.0 Å². The molecule has 1 heterocycles. The Hall–Kier alpha value is -1.77. The molecule has 0 saturated heterocycles. The van der Waals surface area contributed by atoms with E-state index in [1.807, 2.05) is 20.8 Å². The van der Waals surface area contributed by atoms with Gasteiger partial charge >= 0.3 is 0 Å². The summed E-state index contributed by atoms with van der Waals surface area (Å²) in [6.07, 6.45) is 0. The van der Waals surface area contributed by atoms with Gasteiger partial charge in [-0.25, -0.2) is 0 Å². The van der Waals surface area contributed by atoms with Gasteiger partial charge < -0.3 is 4.74 Å². The molecule has 0 bridgehead atoms. The van der Waals surface area contributed by atoms with Crippen molar-refractivity contribution in [2.75, 3.05) is 7.11 Å². The quantitative estimate of drug-likeness (QED) is 0.838. The van der Waals surface area contributed by atoms with Gasteiger partial charge in [0, 0.05) is 11.3 Å². The number of ether oxygens (including phenoxy) is 1. The number of hydrogen-bond acceptors (Lipinski definition) is 2. The van der Waals surface area contributed by atoms with Crippen LogP contribution < -0.4 is 4.74 Å². The Labute approximate surface area is 95.5 Å². The number of H-pyrrole nitrogens is 1. The number of nitrogens with one attached hydrogen (secondary N) is 1. The topological polar surface area (TPSA) is 37.9 Å². The summed E-state index contributed by atoms with van der Waals surface area (Å²) in [5, 5.41) is 7.20. The maximum absolute atomic E-state index is 5.33. The lowest BCUT2D eigenvalue weighted by molar-refractivity contribution is 0.412. The van der Waals surface area contributed by atoms with E-state index >= 15 is 0 Å². The van der Waals surface area contributed by atoms with Crippen molar-refractivity contribution in [1.82, 2.24) is 10.2 Å². The van der Waals surface area contributed by atoms with Crippen molar-refractivity contribution in [1.29, 1.82) is 0 Å². The third-order valence-corrected chi connectivity index (χ3v) is 2.82. The largest absolute Gasteiger partial charge is 0.496 e. The summed E-state index contributed by atoms with van der Waals surface area (Å²) in [6, 6.07) is 6.23. The molecule has 0 atom stereocenters. The molecule has 16 heavy (non-hydrogen) atoms. The molecule has 0 spiro atoms. The SMILES string of the molecule is COc1cc(-c2c(C)n[nH]c2C)ccc1C. The first kappa shape index (κ1) is 10.7. The number of aryl methyl sites for hydroxylation is 3. The highest BCUT2D eigenvalue weighted by Gasteiger charge is 2.10. The zero-order chi connectivity index (χ0) is 11.7. The number of hydrogen-bond donors (Lipinski definition) is 1. The molecule has 2 aromatic rings. The van der Waals surface area contributed by atoms with Crippen molar-refractivity contribution < 1.29 is 4.74 Å². The van der Waals surface area contributed by atoms with E-state index in [4.69, 9.17) is 4.74 Å². The predicted octanol–water partition coefficient (Wildman–Crippen LogP) is 3.01. The molecule has 0 amide bonds. The van der Waals surface area contributed by atoms with E-state index in [1.54, 1.807) is 7.11 Å². The maximum atomic E-state index is 5.33. The van der Waals surface area contributed by atoms with E-state index in [1.165, 1.54) is 5.56 Å². The number of benzene rings is 1. The van der Waals surface area contributed by atoms with Crippen LogP contribution in [0.2, 0.25) is 0 Å². The summed E-state index contributed by atoms with van der Waals surface area (Å²) < 4.78 is 5.33. The second kappa shape index (κ2) is 4.00. The molecule has 1 aromatic heterocycles. The summed E-state index contributed by atoms with van der Waals surface area (Å²) in [5.74, 6) is 0.914. The van der Waals surface area contributed by atoms with Crippen LogP contribution in [0, 0.1) is 20.8 Å². The number of aromatic amines is 1. The van der Waals surface area contributed by atoms with Crippen LogP contribution in [0.1, 0.15) is 17.0 Å². The fourth-order valence-corrected chi connectivity index (χ4v) is 1.95. The van der Waals surface area contributed by atoms with Crippen LogP contribution in [-0.4, -0.2) is 17.3 Å². The fraction of sp³-hybridized carbons (Fsp3) is 0.308. The van der Waals surface area contributed by atoms with Gasteiger partial charge in [-0.2, -0.15) is 5.10 Å². The second-order valence-electron chi connectivity index (χ2n) is 3.99. The molecule has 2 rings (SSSR count). The monoisotopic (exact) mass is 216 g/mol.